The van der Waals surface area contributed by atoms with Crippen molar-refractivity contribution in [1.29, 1.82) is 0 Å². The maximum atomic E-state index is 13.2. The average molecular weight is 393 g/mol. The van der Waals surface area contributed by atoms with Crippen molar-refractivity contribution in [1.82, 2.24) is 29.6 Å². The second-order valence-corrected chi connectivity index (χ2v) is 6.46. The first kappa shape index (κ1) is 16.9. The average Bonchev–Trinajstić information content (AvgIpc) is 3.05. The molecule has 0 aliphatic carbocycles. The Hall–Kier alpha value is -2.58. The molecule has 0 saturated carbocycles. The Morgan fingerprint density at radius 1 is 1.12 bits per heavy atom. The Labute approximate surface area is 157 Å². The highest BCUT2D eigenvalue weighted by molar-refractivity contribution is 6.33. The molecule has 0 fully saturated rings. The van der Waals surface area contributed by atoms with E-state index in [1.165, 1.54) is 24.5 Å². The van der Waals surface area contributed by atoms with Crippen LogP contribution in [-0.4, -0.2) is 42.1 Å². The van der Waals surface area contributed by atoms with Gasteiger partial charge in [0.05, 0.1) is 29.5 Å². The third-order valence-corrected chi connectivity index (χ3v) is 4.56. The summed E-state index contributed by atoms with van der Waals surface area (Å²) in [6, 6.07) is 3.72. The van der Waals surface area contributed by atoms with Crippen LogP contribution >= 0.6 is 23.2 Å². The van der Waals surface area contributed by atoms with Crippen LogP contribution in [0.25, 0.3) is 11.5 Å². The highest BCUT2D eigenvalue weighted by atomic mass is 35.5. The molecule has 1 aliphatic rings. The summed E-state index contributed by atoms with van der Waals surface area (Å²) in [6.07, 6.45) is 2.96. The van der Waals surface area contributed by atoms with Crippen LogP contribution in [-0.2, 0) is 13.1 Å². The molecular formula is C16H11Cl2FN6O. The summed E-state index contributed by atoms with van der Waals surface area (Å²) < 4.78 is 15.1. The number of carbonyl (C=O) groups excluding carboxylic acids is 1. The molecule has 1 amide bonds. The van der Waals surface area contributed by atoms with Crippen molar-refractivity contribution >= 4 is 29.1 Å². The zero-order valence-corrected chi connectivity index (χ0v) is 14.7. The Balaban J connectivity index is 1.59. The van der Waals surface area contributed by atoms with Crippen molar-refractivity contribution < 1.29 is 9.18 Å². The first-order chi connectivity index (χ1) is 12.5. The fourth-order valence-electron chi connectivity index (χ4n) is 2.78. The van der Waals surface area contributed by atoms with E-state index in [1.807, 2.05) is 4.57 Å². The lowest BCUT2D eigenvalue weighted by Crippen LogP contribution is -2.38. The van der Waals surface area contributed by atoms with Crippen LogP contribution in [0.15, 0.2) is 30.6 Å². The molecule has 3 heterocycles. The van der Waals surface area contributed by atoms with Gasteiger partial charge in [0, 0.05) is 13.1 Å². The van der Waals surface area contributed by atoms with Crippen molar-refractivity contribution in [2.75, 3.05) is 6.54 Å². The Morgan fingerprint density at radius 2 is 1.96 bits per heavy atom. The lowest BCUT2D eigenvalue weighted by Gasteiger charge is -2.28. The first-order valence-electron chi connectivity index (χ1n) is 7.67. The number of hydrogen-bond acceptors (Lipinski definition) is 5. The molecule has 10 heteroatoms. The van der Waals surface area contributed by atoms with E-state index in [9.17, 15) is 9.18 Å². The van der Waals surface area contributed by atoms with E-state index in [0.717, 1.165) is 6.07 Å². The van der Waals surface area contributed by atoms with Gasteiger partial charge >= 0.3 is 0 Å². The topological polar surface area (TPSA) is 76.8 Å². The number of fused-ring (bicyclic) bond motifs is 1. The fraction of sp³-hybridized carbons (Fsp3) is 0.188. The Bertz CT molecular complexity index is 991. The number of hydrogen-bond donors (Lipinski definition) is 0. The molecule has 0 spiro atoms. The normalized spacial score (nSPS) is 13.6. The van der Waals surface area contributed by atoms with Crippen LogP contribution in [0.4, 0.5) is 4.39 Å². The standard InChI is InChI=1S/C16H11Cl2FN6O/c17-11-5-9(19)1-2-10(11)16(26)24-3-4-25-14(8-24)22-23-15(25)12-6-21-13(18)7-20-12/h1-2,5-7H,3-4,8H2. The summed E-state index contributed by atoms with van der Waals surface area (Å²) >= 11 is 11.8. The van der Waals surface area contributed by atoms with E-state index in [1.54, 1.807) is 4.90 Å². The minimum Gasteiger partial charge on any atom is -0.329 e. The molecular weight excluding hydrogens is 382 g/mol. The van der Waals surface area contributed by atoms with Gasteiger partial charge in [-0.05, 0) is 18.2 Å². The largest absolute Gasteiger partial charge is 0.329 e. The number of halogens is 3. The monoisotopic (exact) mass is 392 g/mol. The molecule has 0 atom stereocenters. The smallest absolute Gasteiger partial charge is 0.255 e. The van der Waals surface area contributed by atoms with Crippen LogP contribution in [0.2, 0.25) is 10.2 Å². The molecule has 4 rings (SSSR count). The molecule has 26 heavy (non-hydrogen) atoms. The number of aromatic nitrogens is 5. The lowest BCUT2D eigenvalue weighted by atomic mass is 10.1. The second kappa shape index (κ2) is 6.62. The quantitative estimate of drug-likeness (QED) is 0.669. The molecule has 0 N–H and O–H groups in total. The van der Waals surface area contributed by atoms with Crippen molar-refractivity contribution in [3.05, 3.63) is 58.0 Å². The highest BCUT2D eigenvalue weighted by Crippen LogP contribution is 2.24. The highest BCUT2D eigenvalue weighted by Gasteiger charge is 2.27. The first-order valence-corrected chi connectivity index (χ1v) is 8.43. The van der Waals surface area contributed by atoms with E-state index in [2.05, 4.69) is 20.2 Å². The van der Waals surface area contributed by atoms with E-state index in [0.29, 0.717) is 35.6 Å². The number of carbonyl (C=O) groups is 1. The summed E-state index contributed by atoms with van der Waals surface area (Å²) in [5, 5.41) is 8.67. The van der Waals surface area contributed by atoms with Gasteiger partial charge in [-0.3, -0.25) is 4.79 Å². The number of benzene rings is 1. The molecule has 0 radical (unpaired) electrons. The van der Waals surface area contributed by atoms with Crippen molar-refractivity contribution in [3.63, 3.8) is 0 Å². The van der Waals surface area contributed by atoms with Gasteiger partial charge in [0.2, 0.25) is 0 Å². The summed E-state index contributed by atoms with van der Waals surface area (Å²) in [4.78, 5) is 22.5. The van der Waals surface area contributed by atoms with Gasteiger partial charge in [-0.15, -0.1) is 10.2 Å². The van der Waals surface area contributed by atoms with Gasteiger partial charge in [0.25, 0.3) is 5.91 Å². The van der Waals surface area contributed by atoms with Crippen molar-refractivity contribution in [2.45, 2.75) is 13.1 Å². The SMILES string of the molecule is O=C(c1ccc(F)cc1Cl)N1CCn2c(nnc2-c2cnc(Cl)cn2)C1. The number of amides is 1. The minimum atomic E-state index is -0.487. The van der Waals surface area contributed by atoms with Crippen LogP contribution in [0.1, 0.15) is 16.2 Å². The van der Waals surface area contributed by atoms with Gasteiger partial charge in [0.1, 0.15) is 16.7 Å². The van der Waals surface area contributed by atoms with Crippen LogP contribution in [0, 0.1) is 5.82 Å². The van der Waals surface area contributed by atoms with Crippen molar-refractivity contribution in [3.8, 4) is 11.5 Å². The van der Waals surface area contributed by atoms with Crippen LogP contribution in [0.5, 0.6) is 0 Å². The molecule has 7 nitrogen and oxygen atoms in total. The predicted molar refractivity (Wildman–Crippen MR) is 92.2 cm³/mol. The Morgan fingerprint density at radius 3 is 2.69 bits per heavy atom. The molecule has 132 valence electrons. The summed E-state index contributed by atoms with van der Waals surface area (Å²) in [5.41, 5.74) is 0.805. The maximum Gasteiger partial charge on any atom is 0.255 e. The van der Waals surface area contributed by atoms with Gasteiger partial charge in [-0.2, -0.15) is 0 Å². The van der Waals surface area contributed by atoms with E-state index in [-0.39, 0.29) is 23.0 Å². The second-order valence-electron chi connectivity index (χ2n) is 5.67. The number of rotatable bonds is 2. The fourth-order valence-corrected chi connectivity index (χ4v) is 3.13. The van der Waals surface area contributed by atoms with Gasteiger partial charge in [0.15, 0.2) is 11.6 Å². The Kier molecular flexibility index (Phi) is 4.29. The summed E-state index contributed by atoms with van der Waals surface area (Å²) in [7, 11) is 0. The molecule has 1 aliphatic heterocycles. The maximum absolute atomic E-state index is 13.2. The van der Waals surface area contributed by atoms with Gasteiger partial charge in [-0.25, -0.2) is 14.4 Å². The molecule has 0 unspecified atom stereocenters. The van der Waals surface area contributed by atoms with Crippen LogP contribution < -0.4 is 0 Å². The predicted octanol–water partition coefficient (Wildman–Crippen LogP) is 2.84. The van der Waals surface area contributed by atoms with E-state index < -0.39 is 5.82 Å². The van der Waals surface area contributed by atoms with Crippen LogP contribution in [0.3, 0.4) is 0 Å². The summed E-state index contributed by atoms with van der Waals surface area (Å²) in [6.45, 7) is 1.19. The van der Waals surface area contributed by atoms with Crippen molar-refractivity contribution in [2.24, 2.45) is 0 Å². The van der Waals surface area contributed by atoms with E-state index >= 15 is 0 Å². The minimum absolute atomic E-state index is 0.0826. The molecule has 0 bridgehead atoms. The molecule has 1 aromatic carbocycles. The third-order valence-electron chi connectivity index (χ3n) is 4.05. The van der Waals surface area contributed by atoms with E-state index in [4.69, 9.17) is 23.2 Å². The zero-order chi connectivity index (χ0) is 18.3. The molecule has 3 aromatic rings. The third kappa shape index (κ3) is 3.02. The zero-order valence-electron chi connectivity index (χ0n) is 13.2. The number of nitrogens with zero attached hydrogens (tertiary/aromatic N) is 6. The summed E-state index contributed by atoms with van der Waals surface area (Å²) in [5.74, 6) is 0.418. The lowest BCUT2D eigenvalue weighted by molar-refractivity contribution is 0.0708. The molecule has 0 saturated heterocycles. The molecule has 2 aromatic heterocycles. The van der Waals surface area contributed by atoms with Gasteiger partial charge < -0.3 is 9.47 Å². The van der Waals surface area contributed by atoms with Gasteiger partial charge in [-0.1, -0.05) is 23.2 Å².